The molecule has 11 nitrogen and oxygen atoms in total. The van der Waals surface area contributed by atoms with E-state index < -0.39 is 11.8 Å². The van der Waals surface area contributed by atoms with Crippen LogP contribution in [0.1, 0.15) is 28.1 Å². The number of pyridine rings is 1. The van der Waals surface area contributed by atoms with Crippen molar-refractivity contribution in [3.05, 3.63) is 40.9 Å². The van der Waals surface area contributed by atoms with Crippen LogP contribution in [0.4, 0.5) is 21.9 Å². The topological polar surface area (TPSA) is 147 Å². The normalized spacial score (nSPS) is 16.9. The van der Waals surface area contributed by atoms with E-state index in [0.29, 0.717) is 43.5 Å². The number of phenolic OH excluding ortho intramolecular Hbond substituents is 3. The van der Waals surface area contributed by atoms with Gasteiger partial charge in [0.15, 0.2) is 23.0 Å². The van der Waals surface area contributed by atoms with Gasteiger partial charge in [-0.05, 0) is 56.1 Å². The highest BCUT2D eigenvalue weighted by Gasteiger charge is 2.35. The third kappa shape index (κ3) is 5.37. The van der Waals surface area contributed by atoms with Gasteiger partial charge in [0.25, 0.3) is 5.91 Å². The van der Waals surface area contributed by atoms with E-state index in [1.165, 1.54) is 27.0 Å². The predicted molar refractivity (Wildman–Crippen MR) is 190 cm³/mol. The van der Waals surface area contributed by atoms with Gasteiger partial charge in [-0.25, -0.2) is 9.78 Å². The van der Waals surface area contributed by atoms with Crippen LogP contribution < -0.4 is 31.2 Å². The molecular formula is C28H32B5N5O6S. The van der Waals surface area contributed by atoms with Crippen LogP contribution in [0.25, 0.3) is 10.2 Å². The molecule has 2 aliphatic heterocycles. The molecule has 0 spiro atoms. The summed E-state index contributed by atoms with van der Waals surface area (Å²) in [6, 6.07) is 6.45. The van der Waals surface area contributed by atoms with Gasteiger partial charge in [0.05, 0.1) is 22.4 Å². The maximum absolute atomic E-state index is 13.7. The molecule has 45 heavy (non-hydrogen) atoms. The summed E-state index contributed by atoms with van der Waals surface area (Å²) in [6.45, 7) is 3.59. The first-order valence-corrected chi connectivity index (χ1v) is 15.7. The van der Waals surface area contributed by atoms with E-state index in [2.05, 4.69) is 44.1 Å². The highest BCUT2D eigenvalue weighted by atomic mass is 32.1. The molecule has 226 valence electrons. The number of anilines is 3. The largest absolute Gasteiger partial charge is 0.505 e. The number of nitrogens with zero attached hydrogens (tertiary/aromatic N) is 3. The quantitative estimate of drug-likeness (QED) is 0.0987. The van der Waals surface area contributed by atoms with Crippen LogP contribution in [-0.4, -0.2) is 101 Å². The molecule has 5 N–H and O–H groups in total. The summed E-state index contributed by atoms with van der Waals surface area (Å²) in [5, 5.41) is 37.7. The zero-order valence-corrected chi connectivity index (χ0v) is 26.9. The number of amides is 3. The monoisotopic (exact) mass is 621 g/mol. The number of aromatic nitrogens is 1. The van der Waals surface area contributed by atoms with Gasteiger partial charge in [0, 0.05) is 29.7 Å². The van der Waals surface area contributed by atoms with Crippen LogP contribution in [0, 0.1) is 6.92 Å². The molecule has 4 heterocycles. The molecule has 2 aromatic carbocycles. The zero-order valence-electron chi connectivity index (χ0n) is 26.1. The Morgan fingerprint density at radius 2 is 1.84 bits per heavy atom. The van der Waals surface area contributed by atoms with E-state index >= 15 is 0 Å². The standard InChI is InChI=1S/C28H32B5N5O6S/c1-11-9-13(44-23-18(30)21(40)20(39)17(29)22(23)41)4-5-14(11)38-15-6-7-34-26-16(15)19(36-27(38)43)24(45-26)25(42)35-12-3-2-8-37(10-12)28(31,32)33/h4-7,9,12,39-41H,2-3,8,10,29-33H2,1H3,(H,35,42)(H,36,43)/t12-/m1/s1. The number of thiophene rings is 1. The number of hydrogen-bond donors (Lipinski definition) is 5. The SMILES string of the molecule is Bc1c(O)c(O)c(B)c(Oc2ccc(N3C(=O)Nc4c(C(=O)N[C@@H]5CCCN(C(B)(B)B)C5)sc5nccc3c45)c(C)c2)c1O. The van der Waals surface area contributed by atoms with Crippen LogP contribution in [0.3, 0.4) is 0 Å². The van der Waals surface area contributed by atoms with Crippen molar-refractivity contribution in [3.63, 3.8) is 0 Å². The average molecular weight is 621 g/mol. The molecule has 3 amide bonds. The van der Waals surface area contributed by atoms with E-state index in [1.54, 1.807) is 35.4 Å². The molecule has 0 aliphatic carbocycles. The number of hydrogen-bond acceptors (Lipinski definition) is 9. The van der Waals surface area contributed by atoms with Gasteiger partial charge in [0.1, 0.15) is 54.7 Å². The number of urea groups is 1. The number of carbonyl (C=O) groups excluding carboxylic acids is 2. The van der Waals surface area contributed by atoms with Gasteiger partial charge in [-0.1, -0.05) is 5.24 Å². The summed E-state index contributed by atoms with van der Waals surface area (Å²) in [5.41, 5.74) is 2.64. The Bertz CT molecular complexity index is 1850. The summed E-state index contributed by atoms with van der Waals surface area (Å²) in [6.07, 6.45) is 3.53. The lowest BCUT2D eigenvalue weighted by Crippen LogP contribution is -2.58. The minimum Gasteiger partial charge on any atom is -0.505 e. The molecule has 1 saturated heterocycles. The number of piperidine rings is 1. The van der Waals surface area contributed by atoms with Crippen LogP contribution in [0.15, 0.2) is 30.5 Å². The Morgan fingerprint density at radius 1 is 1.11 bits per heavy atom. The molecule has 2 aliphatic rings. The first kappa shape index (κ1) is 30.8. The van der Waals surface area contributed by atoms with Crippen molar-refractivity contribution in [1.82, 2.24) is 15.2 Å². The number of phenols is 3. The smallest absolute Gasteiger partial charge is 0.331 e. The molecule has 0 bridgehead atoms. The second-order valence-electron chi connectivity index (χ2n) is 12.7. The fraction of sp³-hybridized carbons (Fsp3) is 0.250. The van der Waals surface area contributed by atoms with E-state index in [9.17, 15) is 24.9 Å². The van der Waals surface area contributed by atoms with Gasteiger partial charge < -0.3 is 35.6 Å². The van der Waals surface area contributed by atoms with Crippen LogP contribution in [-0.2, 0) is 0 Å². The maximum atomic E-state index is 13.7. The molecular weight excluding hydrogens is 588 g/mol. The molecule has 0 unspecified atom stereocenters. The number of aryl methyl sites for hydroxylation is 1. The zero-order chi connectivity index (χ0) is 32.4. The number of rotatable bonds is 6. The van der Waals surface area contributed by atoms with Crippen molar-refractivity contribution >= 4 is 101 Å². The minimum absolute atomic E-state index is 0.00893. The lowest BCUT2D eigenvalue weighted by molar-refractivity contribution is 0.0907. The van der Waals surface area contributed by atoms with Crippen LogP contribution in [0.5, 0.6) is 28.7 Å². The number of ether oxygens (including phenoxy) is 1. The summed E-state index contributed by atoms with van der Waals surface area (Å²) in [5.74, 6) is -0.892. The third-order valence-corrected chi connectivity index (χ3v) is 9.73. The number of likely N-dealkylation sites (tertiary alicyclic amines) is 1. The number of benzene rings is 2. The number of nitrogens with one attached hydrogen (secondary N) is 2. The second-order valence-corrected chi connectivity index (χ2v) is 13.7. The molecule has 0 radical (unpaired) electrons. The highest BCUT2D eigenvalue weighted by Crippen LogP contribution is 2.47. The fourth-order valence-electron chi connectivity index (χ4n) is 6.05. The van der Waals surface area contributed by atoms with Crippen LogP contribution >= 0.6 is 11.3 Å². The fourth-order valence-corrected chi connectivity index (χ4v) is 7.07. The van der Waals surface area contributed by atoms with Crippen molar-refractivity contribution in [2.75, 3.05) is 23.3 Å². The Balaban J connectivity index is 1.30. The third-order valence-electron chi connectivity index (χ3n) is 8.63. The van der Waals surface area contributed by atoms with Gasteiger partial charge in [0.2, 0.25) is 0 Å². The van der Waals surface area contributed by atoms with E-state index in [1.807, 2.05) is 6.92 Å². The number of aromatic hydroxyl groups is 3. The van der Waals surface area contributed by atoms with E-state index in [4.69, 9.17) is 4.74 Å². The summed E-state index contributed by atoms with van der Waals surface area (Å²) in [7, 11) is 9.54. The van der Waals surface area contributed by atoms with Crippen molar-refractivity contribution in [2.45, 2.75) is 31.0 Å². The first-order valence-electron chi connectivity index (χ1n) is 14.9. The van der Waals surface area contributed by atoms with Gasteiger partial charge in [-0.3, -0.25) is 9.69 Å². The summed E-state index contributed by atoms with van der Waals surface area (Å²) < 4.78 is 5.94. The van der Waals surface area contributed by atoms with Gasteiger partial charge in [-0.15, -0.1) is 11.3 Å². The van der Waals surface area contributed by atoms with E-state index in [-0.39, 0.29) is 45.4 Å². The maximum Gasteiger partial charge on any atom is 0.331 e. The molecule has 6 rings (SSSR count). The molecule has 17 heteroatoms. The van der Waals surface area contributed by atoms with Gasteiger partial charge >= 0.3 is 6.03 Å². The minimum atomic E-state index is -0.414. The van der Waals surface area contributed by atoms with Crippen molar-refractivity contribution < 1.29 is 29.6 Å². The molecule has 0 saturated carbocycles. The lowest BCUT2D eigenvalue weighted by Gasteiger charge is -2.42. The Kier molecular flexibility index (Phi) is 7.72. The molecule has 1 fully saturated rings. The Morgan fingerprint density at radius 3 is 2.56 bits per heavy atom. The van der Waals surface area contributed by atoms with Gasteiger partial charge in [-0.2, -0.15) is 0 Å². The van der Waals surface area contributed by atoms with Crippen molar-refractivity contribution in [3.8, 4) is 28.7 Å². The Labute approximate surface area is 269 Å². The molecule has 4 aromatic rings. The molecule has 1 atom stereocenters. The van der Waals surface area contributed by atoms with Crippen LogP contribution in [0.2, 0.25) is 0 Å². The van der Waals surface area contributed by atoms with E-state index in [0.717, 1.165) is 25.9 Å². The second kappa shape index (κ2) is 11.3. The van der Waals surface area contributed by atoms with Crippen molar-refractivity contribution in [1.29, 1.82) is 0 Å². The summed E-state index contributed by atoms with van der Waals surface area (Å²) >= 11 is 1.26. The lowest BCUT2D eigenvalue weighted by atomic mass is 9.48. The Hall–Kier alpha value is -4.23. The molecule has 2 aromatic heterocycles. The average Bonchev–Trinajstić information content (AvgIpc) is 3.37. The number of carbonyl (C=O) groups is 2. The highest BCUT2D eigenvalue weighted by molar-refractivity contribution is 7.21. The first-order chi connectivity index (χ1) is 21.3. The summed E-state index contributed by atoms with van der Waals surface area (Å²) in [4.78, 5) is 36.8. The van der Waals surface area contributed by atoms with Crippen molar-refractivity contribution in [2.24, 2.45) is 0 Å². The predicted octanol–water partition coefficient (Wildman–Crippen LogP) is -1.58.